The zero-order valence-electron chi connectivity index (χ0n) is 9.71. The maximum atomic E-state index is 9.12. The summed E-state index contributed by atoms with van der Waals surface area (Å²) in [5.41, 5.74) is 1.04. The molecule has 15 heavy (non-hydrogen) atoms. The Hall–Kier alpha value is -0.830. The molecule has 0 aliphatic heterocycles. The van der Waals surface area contributed by atoms with Crippen LogP contribution in [-0.2, 0) is 18.3 Å². The predicted octanol–water partition coefficient (Wildman–Crippen LogP) is 2.07. The summed E-state index contributed by atoms with van der Waals surface area (Å²) in [7, 11) is 0. The molecule has 0 spiro atoms. The van der Waals surface area contributed by atoms with Gasteiger partial charge in [-0.3, -0.25) is 0 Å². The Morgan fingerprint density at radius 1 is 1.47 bits per heavy atom. The summed E-state index contributed by atoms with van der Waals surface area (Å²) in [6, 6.07) is 0. The first kappa shape index (κ1) is 10.7. The van der Waals surface area contributed by atoms with Gasteiger partial charge in [0.1, 0.15) is 5.76 Å². The van der Waals surface area contributed by atoms with Crippen LogP contribution in [0, 0.1) is 5.92 Å². The van der Waals surface area contributed by atoms with E-state index in [1.54, 1.807) is 0 Å². The normalized spacial score (nSPS) is 21.5. The third-order valence-corrected chi connectivity index (χ3v) is 2.94. The van der Waals surface area contributed by atoms with Gasteiger partial charge in [-0.1, -0.05) is 20.8 Å². The number of aryl methyl sites for hydroxylation is 1. The molecule has 0 bridgehead atoms. The Labute approximate surface area is 90.5 Å². The molecular weight excluding hydrogens is 190 g/mol. The molecule has 0 saturated heterocycles. The Morgan fingerprint density at radius 2 is 2.20 bits per heavy atom. The van der Waals surface area contributed by atoms with Crippen LogP contribution in [0.25, 0.3) is 0 Å². The minimum absolute atomic E-state index is 0.0218. The number of hydrogen-bond acceptors (Lipinski definition) is 3. The first-order valence-electron chi connectivity index (χ1n) is 5.60. The molecule has 1 aromatic heterocycles. The van der Waals surface area contributed by atoms with E-state index in [1.807, 2.05) is 0 Å². The highest BCUT2D eigenvalue weighted by Gasteiger charge is 2.27. The quantitative estimate of drug-likeness (QED) is 0.770. The van der Waals surface area contributed by atoms with E-state index in [2.05, 4.69) is 25.8 Å². The van der Waals surface area contributed by atoms with Crippen molar-refractivity contribution in [3.05, 3.63) is 17.3 Å². The molecule has 0 amide bonds. The van der Waals surface area contributed by atoms with Gasteiger partial charge in [-0.2, -0.15) is 0 Å². The molecule has 1 N–H and O–H groups in total. The summed E-state index contributed by atoms with van der Waals surface area (Å²) in [6.45, 7) is 6.58. The molecule has 0 aromatic carbocycles. The van der Waals surface area contributed by atoms with Crippen molar-refractivity contribution in [3.8, 4) is 0 Å². The molecule has 1 aromatic rings. The van der Waals surface area contributed by atoms with Crippen molar-refractivity contribution in [3.63, 3.8) is 0 Å². The summed E-state index contributed by atoms with van der Waals surface area (Å²) in [5, 5.41) is 9.12. The maximum Gasteiger partial charge on any atom is 0.200 e. The minimum atomic E-state index is -0.0218. The number of aromatic nitrogens is 1. The molecular formula is C12H19NO2. The van der Waals surface area contributed by atoms with Gasteiger partial charge in [-0.05, 0) is 18.8 Å². The number of oxazole rings is 1. The number of fused-ring (bicyclic) bond motifs is 1. The number of hydrogen-bond donors (Lipinski definition) is 1. The van der Waals surface area contributed by atoms with Crippen LogP contribution in [0.1, 0.15) is 44.5 Å². The largest absolute Gasteiger partial charge is 0.445 e. The maximum absolute atomic E-state index is 9.12. The fourth-order valence-corrected chi connectivity index (χ4v) is 1.93. The van der Waals surface area contributed by atoms with Crippen LogP contribution in [0.15, 0.2) is 4.42 Å². The van der Waals surface area contributed by atoms with E-state index < -0.39 is 0 Å². The Morgan fingerprint density at radius 3 is 2.80 bits per heavy atom. The minimum Gasteiger partial charge on any atom is -0.445 e. The molecule has 3 heteroatoms. The van der Waals surface area contributed by atoms with E-state index in [0.29, 0.717) is 5.92 Å². The van der Waals surface area contributed by atoms with Crippen LogP contribution in [0.4, 0.5) is 0 Å². The van der Waals surface area contributed by atoms with Crippen LogP contribution in [0.3, 0.4) is 0 Å². The van der Waals surface area contributed by atoms with Crippen molar-refractivity contribution in [2.24, 2.45) is 5.92 Å². The van der Waals surface area contributed by atoms with Gasteiger partial charge in [0.25, 0.3) is 0 Å². The Kier molecular flexibility index (Phi) is 2.59. The van der Waals surface area contributed by atoms with Crippen LogP contribution in [0.5, 0.6) is 0 Å². The lowest BCUT2D eigenvalue weighted by atomic mass is 9.91. The molecule has 3 nitrogen and oxygen atoms in total. The number of rotatable bonds is 1. The smallest absolute Gasteiger partial charge is 0.200 e. The summed E-state index contributed by atoms with van der Waals surface area (Å²) >= 11 is 0. The fourth-order valence-electron chi connectivity index (χ4n) is 1.93. The zero-order chi connectivity index (χ0) is 11.1. The first-order chi connectivity index (χ1) is 7.00. The molecule has 0 fully saturated rings. The van der Waals surface area contributed by atoms with Gasteiger partial charge in [-0.15, -0.1) is 0 Å². The van der Waals surface area contributed by atoms with Gasteiger partial charge < -0.3 is 9.52 Å². The van der Waals surface area contributed by atoms with E-state index in [9.17, 15) is 0 Å². The topological polar surface area (TPSA) is 46.3 Å². The second-order valence-corrected chi connectivity index (χ2v) is 5.43. The highest BCUT2D eigenvalue weighted by atomic mass is 16.4. The number of aliphatic hydroxyl groups excluding tert-OH is 1. The fraction of sp³-hybridized carbons (Fsp3) is 0.750. The first-order valence-corrected chi connectivity index (χ1v) is 5.60. The van der Waals surface area contributed by atoms with Crippen molar-refractivity contribution in [1.29, 1.82) is 0 Å². The van der Waals surface area contributed by atoms with E-state index >= 15 is 0 Å². The summed E-state index contributed by atoms with van der Waals surface area (Å²) in [5.74, 6) is 2.23. The van der Waals surface area contributed by atoms with Crippen molar-refractivity contribution in [2.75, 3.05) is 6.61 Å². The van der Waals surface area contributed by atoms with Gasteiger partial charge in [0.2, 0.25) is 0 Å². The lowest BCUT2D eigenvalue weighted by molar-refractivity contribution is 0.208. The SMILES string of the molecule is CC(C)(C)c1nc2c(o1)CCC(CO)C2. The monoisotopic (exact) mass is 209 g/mol. The molecule has 1 aliphatic carbocycles. The molecule has 1 unspecified atom stereocenters. The van der Waals surface area contributed by atoms with Crippen LogP contribution < -0.4 is 0 Å². The van der Waals surface area contributed by atoms with Crippen molar-refractivity contribution in [2.45, 2.75) is 45.4 Å². The molecule has 2 rings (SSSR count). The van der Waals surface area contributed by atoms with E-state index in [4.69, 9.17) is 9.52 Å². The zero-order valence-corrected chi connectivity index (χ0v) is 9.71. The van der Waals surface area contributed by atoms with Crippen LogP contribution >= 0.6 is 0 Å². The predicted molar refractivity (Wildman–Crippen MR) is 57.8 cm³/mol. The lowest BCUT2D eigenvalue weighted by Gasteiger charge is -2.16. The second kappa shape index (κ2) is 3.63. The summed E-state index contributed by atoms with van der Waals surface area (Å²) in [6.07, 6.45) is 2.80. The van der Waals surface area contributed by atoms with E-state index in [1.165, 1.54) is 0 Å². The van der Waals surface area contributed by atoms with Gasteiger partial charge in [0.15, 0.2) is 5.89 Å². The van der Waals surface area contributed by atoms with E-state index in [-0.39, 0.29) is 12.0 Å². The Balaban J connectivity index is 2.26. The van der Waals surface area contributed by atoms with Crippen molar-refractivity contribution >= 4 is 0 Å². The van der Waals surface area contributed by atoms with Gasteiger partial charge in [-0.25, -0.2) is 4.98 Å². The molecule has 84 valence electrons. The third-order valence-electron chi connectivity index (χ3n) is 2.94. The van der Waals surface area contributed by atoms with Gasteiger partial charge in [0, 0.05) is 18.4 Å². The molecule has 1 atom stereocenters. The number of nitrogens with zero attached hydrogens (tertiary/aromatic N) is 1. The Bertz CT molecular complexity index is 349. The highest BCUT2D eigenvalue weighted by Crippen LogP contribution is 2.30. The van der Waals surface area contributed by atoms with Crippen LogP contribution in [-0.4, -0.2) is 16.7 Å². The summed E-state index contributed by atoms with van der Waals surface area (Å²) < 4.78 is 5.77. The highest BCUT2D eigenvalue weighted by molar-refractivity contribution is 5.17. The molecule has 1 aliphatic rings. The molecule has 0 radical (unpaired) electrons. The summed E-state index contributed by atoms with van der Waals surface area (Å²) in [4.78, 5) is 4.54. The molecule has 0 saturated carbocycles. The standard InChI is InChI=1S/C12H19NO2/c1-12(2,3)11-13-9-6-8(7-14)4-5-10(9)15-11/h8,14H,4-7H2,1-3H3. The van der Waals surface area contributed by atoms with Gasteiger partial charge >= 0.3 is 0 Å². The van der Waals surface area contributed by atoms with Crippen molar-refractivity contribution < 1.29 is 9.52 Å². The average Bonchev–Trinajstić information content (AvgIpc) is 2.59. The van der Waals surface area contributed by atoms with Crippen molar-refractivity contribution in [1.82, 2.24) is 4.98 Å². The third kappa shape index (κ3) is 2.07. The molecule has 1 heterocycles. The van der Waals surface area contributed by atoms with E-state index in [0.717, 1.165) is 36.6 Å². The average molecular weight is 209 g/mol. The lowest BCUT2D eigenvalue weighted by Crippen LogP contribution is -2.17. The van der Waals surface area contributed by atoms with Crippen LogP contribution in [0.2, 0.25) is 0 Å². The second-order valence-electron chi connectivity index (χ2n) is 5.43. The number of aliphatic hydroxyl groups is 1. The van der Waals surface area contributed by atoms with Gasteiger partial charge in [0.05, 0.1) is 5.69 Å².